The maximum absolute atomic E-state index is 11.6. The van der Waals surface area contributed by atoms with Gasteiger partial charge in [0.25, 0.3) is 0 Å². The Kier molecular flexibility index (Phi) is 2.83. The zero-order valence-electron chi connectivity index (χ0n) is 3.99. The number of hydrogen-bond donors (Lipinski definition) is 1. The average molecular weight is 109 g/mol. The molecule has 0 bridgehead atoms. The molecule has 0 heterocycles. The average Bonchev–Trinajstić information content (AvgIpc) is 1.65. The minimum Gasteiger partial charge on any atom is -0.381 e. The highest BCUT2D eigenvalue weighted by molar-refractivity contribution is 4.80. The van der Waals surface area contributed by atoms with Gasteiger partial charge in [0.1, 0.15) is 12.8 Å². The van der Waals surface area contributed by atoms with E-state index in [0.717, 1.165) is 6.92 Å². The van der Waals surface area contributed by atoms with Crippen molar-refractivity contribution in [3.63, 3.8) is 0 Å². The van der Waals surface area contributed by atoms with Gasteiger partial charge in [0.05, 0.1) is 0 Å². The van der Waals surface area contributed by atoms with Crippen LogP contribution in [0.4, 0.5) is 8.78 Å². The van der Waals surface area contributed by atoms with Crippen molar-refractivity contribution >= 4 is 0 Å². The van der Waals surface area contributed by atoms with Crippen molar-refractivity contribution in [2.24, 2.45) is 0 Å². The fraction of sp³-hybridized carbons (Fsp3) is 0.750. The van der Waals surface area contributed by atoms with Crippen LogP contribution in [0.2, 0.25) is 0 Å². The number of aliphatic hydroxyl groups is 1. The van der Waals surface area contributed by atoms with Gasteiger partial charge in [0.2, 0.25) is 0 Å². The summed E-state index contributed by atoms with van der Waals surface area (Å²) in [6, 6.07) is 0. The molecule has 0 saturated heterocycles. The van der Waals surface area contributed by atoms with Crippen LogP contribution in [-0.4, -0.2) is 18.0 Å². The van der Waals surface area contributed by atoms with Gasteiger partial charge >= 0.3 is 0 Å². The zero-order valence-corrected chi connectivity index (χ0v) is 3.99. The maximum Gasteiger partial charge on any atom is 0.157 e. The van der Waals surface area contributed by atoms with E-state index in [1.807, 2.05) is 0 Å². The smallest absolute Gasteiger partial charge is 0.157 e. The van der Waals surface area contributed by atoms with Gasteiger partial charge in [-0.25, -0.2) is 8.78 Å². The van der Waals surface area contributed by atoms with Crippen molar-refractivity contribution in [1.29, 1.82) is 0 Å². The molecular formula is C4H7F2O. The Morgan fingerprint density at radius 2 is 2.29 bits per heavy atom. The van der Waals surface area contributed by atoms with Crippen LogP contribution >= 0.6 is 0 Å². The summed E-state index contributed by atoms with van der Waals surface area (Å²) in [4.78, 5) is 0. The third-order valence-electron chi connectivity index (χ3n) is 0.596. The summed E-state index contributed by atoms with van der Waals surface area (Å²) in [5, 5.41) is 8.10. The topological polar surface area (TPSA) is 20.2 Å². The van der Waals surface area contributed by atoms with Gasteiger partial charge in [-0.1, -0.05) is 0 Å². The fourth-order valence-corrected chi connectivity index (χ4v) is 0.106. The van der Waals surface area contributed by atoms with Gasteiger partial charge in [-0.3, -0.25) is 0 Å². The quantitative estimate of drug-likeness (QED) is 0.565. The molecule has 0 saturated carbocycles. The Morgan fingerprint density at radius 3 is 2.29 bits per heavy atom. The van der Waals surface area contributed by atoms with E-state index in [2.05, 4.69) is 0 Å². The summed E-state index contributed by atoms with van der Waals surface area (Å²) in [6.45, 7) is -0.00736. The molecule has 1 atom stereocenters. The van der Waals surface area contributed by atoms with E-state index in [1.54, 1.807) is 0 Å². The highest BCUT2D eigenvalue weighted by atomic mass is 19.1. The molecule has 1 radical (unpaired) electrons. The second-order valence-corrected chi connectivity index (χ2v) is 1.24. The highest BCUT2D eigenvalue weighted by Gasteiger charge is 2.12. The first-order valence-electron chi connectivity index (χ1n) is 1.93. The number of rotatable bonds is 2. The Labute approximate surface area is 41.0 Å². The molecule has 1 nitrogen and oxygen atoms in total. The zero-order chi connectivity index (χ0) is 5.86. The van der Waals surface area contributed by atoms with Crippen LogP contribution in [0.25, 0.3) is 0 Å². The SMILES string of the molecule is CC(F)[C](O)CF. The first-order chi connectivity index (χ1) is 3.18. The third-order valence-corrected chi connectivity index (χ3v) is 0.596. The summed E-state index contributed by atoms with van der Waals surface area (Å²) >= 11 is 0. The second-order valence-electron chi connectivity index (χ2n) is 1.24. The Balaban J connectivity index is 3.14. The highest BCUT2D eigenvalue weighted by Crippen LogP contribution is 2.04. The minimum absolute atomic E-state index is 0.736. The van der Waals surface area contributed by atoms with Crippen molar-refractivity contribution in [3.05, 3.63) is 6.10 Å². The number of halogens is 2. The largest absolute Gasteiger partial charge is 0.381 e. The van der Waals surface area contributed by atoms with Gasteiger partial charge < -0.3 is 5.11 Å². The lowest BCUT2D eigenvalue weighted by molar-refractivity contribution is 0.162. The molecule has 0 aliphatic carbocycles. The monoisotopic (exact) mass is 109 g/mol. The Hall–Kier alpha value is -0.180. The van der Waals surface area contributed by atoms with Crippen LogP contribution in [0.3, 0.4) is 0 Å². The van der Waals surface area contributed by atoms with E-state index in [4.69, 9.17) is 5.11 Å². The standard InChI is InChI=1S/C4H7F2O/c1-3(6)4(7)2-5/h3,7H,2H2,1H3. The fourth-order valence-electron chi connectivity index (χ4n) is 0.106. The number of aliphatic hydroxyl groups excluding tert-OH is 1. The van der Waals surface area contributed by atoms with Crippen LogP contribution in [0.1, 0.15) is 6.92 Å². The molecule has 0 aliphatic rings. The van der Waals surface area contributed by atoms with E-state index < -0.39 is 19.0 Å². The molecule has 0 spiro atoms. The maximum atomic E-state index is 11.6. The lowest BCUT2D eigenvalue weighted by atomic mass is 10.3. The van der Waals surface area contributed by atoms with Crippen LogP contribution in [0.15, 0.2) is 0 Å². The van der Waals surface area contributed by atoms with E-state index in [1.165, 1.54) is 0 Å². The van der Waals surface area contributed by atoms with Crippen molar-refractivity contribution in [1.82, 2.24) is 0 Å². The normalized spacial score (nSPS) is 15.0. The molecule has 0 amide bonds. The van der Waals surface area contributed by atoms with Crippen molar-refractivity contribution in [2.45, 2.75) is 13.1 Å². The second kappa shape index (κ2) is 2.91. The molecule has 0 aromatic rings. The lowest BCUT2D eigenvalue weighted by Crippen LogP contribution is -2.09. The molecular weight excluding hydrogens is 102 g/mol. The molecule has 0 aliphatic heterocycles. The van der Waals surface area contributed by atoms with Crippen LogP contribution < -0.4 is 0 Å². The predicted molar refractivity (Wildman–Crippen MR) is 21.7 cm³/mol. The first-order valence-corrected chi connectivity index (χ1v) is 1.93. The van der Waals surface area contributed by atoms with Gasteiger partial charge in [0, 0.05) is 0 Å². The molecule has 7 heavy (non-hydrogen) atoms. The van der Waals surface area contributed by atoms with E-state index >= 15 is 0 Å². The summed E-state index contributed by atoms with van der Waals surface area (Å²) in [5.41, 5.74) is 0. The molecule has 43 valence electrons. The molecule has 0 aromatic heterocycles. The van der Waals surface area contributed by atoms with Gasteiger partial charge in [0.15, 0.2) is 6.10 Å². The number of hydrogen-bond acceptors (Lipinski definition) is 1. The summed E-state index contributed by atoms with van der Waals surface area (Å²) < 4.78 is 22.7. The van der Waals surface area contributed by atoms with Crippen molar-refractivity contribution in [2.75, 3.05) is 6.67 Å². The van der Waals surface area contributed by atoms with Crippen LogP contribution in [0.5, 0.6) is 0 Å². The van der Waals surface area contributed by atoms with E-state index in [9.17, 15) is 8.78 Å². The van der Waals surface area contributed by atoms with Gasteiger partial charge in [-0.15, -0.1) is 0 Å². The molecule has 0 rings (SSSR count). The first kappa shape index (κ1) is 6.82. The van der Waals surface area contributed by atoms with E-state index in [-0.39, 0.29) is 0 Å². The molecule has 0 aromatic carbocycles. The Morgan fingerprint density at radius 1 is 1.86 bits per heavy atom. The van der Waals surface area contributed by atoms with Crippen LogP contribution in [0, 0.1) is 6.10 Å². The Bertz CT molecular complexity index is 47.0. The van der Waals surface area contributed by atoms with E-state index in [0.29, 0.717) is 0 Å². The minimum atomic E-state index is -1.54. The third kappa shape index (κ3) is 2.51. The van der Waals surface area contributed by atoms with Gasteiger partial charge in [-0.2, -0.15) is 0 Å². The predicted octanol–water partition coefficient (Wildman–Crippen LogP) is 1.22. The molecule has 1 unspecified atom stereocenters. The van der Waals surface area contributed by atoms with Crippen LogP contribution in [-0.2, 0) is 0 Å². The summed E-state index contributed by atoms with van der Waals surface area (Å²) in [5.74, 6) is 0. The molecule has 1 N–H and O–H groups in total. The number of alkyl halides is 2. The summed E-state index contributed by atoms with van der Waals surface area (Å²) in [7, 11) is 0. The van der Waals surface area contributed by atoms with Crippen molar-refractivity contribution in [3.8, 4) is 0 Å². The lowest BCUT2D eigenvalue weighted by Gasteiger charge is -2.01. The van der Waals surface area contributed by atoms with Crippen molar-refractivity contribution < 1.29 is 13.9 Å². The molecule has 0 fully saturated rings. The summed E-state index contributed by atoms with van der Waals surface area (Å²) in [6.07, 6.45) is -2.27. The van der Waals surface area contributed by atoms with Gasteiger partial charge in [-0.05, 0) is 6.92 Å². The molecule has 3 heteroatoms.